The zero-order chi connectivity index (χ0) is 37.6. The van der Waals surface area contributed by atoms with E-state index in [1.807, 2.05) is 0 Å². The molecule has 6 nitrogen and oxygen atoms in total. The number of anilines is 1. The predicted molar refractivity (Wildman–Crippen MR) is 151 cm³/mol. The monoisotopic (exact) mass is 730 g/mol. The Morgan fingerprint density at radius 2 is 0.922 bits per heavy atom. The lowest BCUT2D eigenvalue weighted by Gasteiger charge is -2.38. The first-order valence-electron chi connectivity index (χ1n) is 14.0. The van der Waals surface area contributed by atoms with Gasteiger partial charge in [0.2, 0.25) is 5.41 Å². The molecule has 0 saturated carbocycles. The molecule has 2 heterocycles. The predicted octanol–water partition coefficient (Wildman–Crippen LogP) is 8.49. The average Bonchev–Trinajstić information content (AvgIpc) is 3.44. The van der Waals surface area contributed by atoms with Crippen molar-refractivity contribution in [3.8, 4) is 11.1 Å². The second-order valence-electron chi connectivity index (χ2n) is 11.3. The highest BCUT2D eigenvalue weighted by Crippen LogP contribution is 2.57. The number of carbonyl (C=O) groups excluding carboxylic acids is 4. The summed E-state index contributed by atoms with van der Waals surface area (Å²) in [6.07, 6.45) is -23.0. The second kappa shape index (κ2) is 11.2. The largest absolute Gasteiger partial charge is 0.417 e. The minimum atomic E-state index is -6.26. The molecule has 0 aliphatic carbocycles. The van der Waals surface area contributed by atoms with Crippen LogP contribution < -0.4 is 10.2 Å². The van der Waals surface area contributed by atoms with Crippen molar-refractivity contribution in [1.82, 2.24) is 5.32 Å². The summed E-state index contributed by atoms with van der Waals surface area (Å²) in [6.45, 7) is 0. The van der Waals surface area contributed by atoms with Crippen LogP contribution in [-0.4, -0.2) is 36.0 Å². The molecule has 0 atom stereocenters. The molecule has 4 aromatic rings. The van der Waals surface area contributed by atoms with Gasteiger partial charge in [0.25, 0.3) is 23.6 Å². The van der Waals surface area contributed by atoms with Gasteiger partial charge in [-0.05, 0) is 64.7 Å². The number of hydrogen-bond donors (Lipinski definition) is 1. The number of carbonyl (C=O) groups is 4. The van der Waals surface area contributed by atoms with E-state index < -0.39 is 115 Å². The van der Waals surface area contributed by atoms with E-state index in [1.54, 1.807) is 5.32 Å². The molecule has 0 radical (unpaired) electrons. The fourth-order valence-corrected chi connectivity index (χ4v) is 6.20. The number of imide groups is 2. The Kier molecular flexibility index (Phi) is 7.69. The molecular formula is C33H14F12N2O4. The highest BCUT2D eigenvalue weighted by molar-refractivity contribution is 6.34. The third-order valence-corrected chi connectivity index (χ3v) is 8.43. The number of nitrogens with zero attached hydrogens (tertiary/aromatic N) is 1. The van der Waals surface area contributed by atoms with Crippen molar-refractivity contribution in [3.63, 3.8) is 0 Å². The fraction of sp³-hybridized carbons (Fsp3) is 0.152. The fourth-order valence-electron chi connectivity index (χ4n) is 6.20. The van der Waals surface area contributed by atoms with Crippen LogP contribution in [0.2, 0.25) is 0 Å². The van der Waals surface area contributed by atoms with Gasteiger partial charge >= 0.3 is 24.7 Å². The summed E-state index contributed by atoms with van der Waals surface area (Å²) in [5, 5.41) is 1.73. The zero-order valence-electron chi connectivity index (χ0n) is 24.6. The van der Waals surface area contributed by atoms with Crippen molar-refractivity contribution in [3.05, 3.63) is 123 Å². The molecule has 18 heteroatoms. The second-order valence-corrected chi connectivity index (χ2v) is 11.3. The van der Waals surface area contributed by atoms with Gasteiger partial charge in [-0.3, -0.25) is 24.5 Å². The Morgan fingerprint density at radius 1 is 0.451 bits per heavy atom. The SMILES string of the molecule is O=C1NC(=O)c2cc(C(c3ccc4c(c3)C(=O)N(c3ccc(-c5ccccc5C(F)(F)F)c(C(F)(F)F)c3)C4=O)(C(F)(F)F)C(F)(F)F)ccc21. The first-order chi connectivity index (χ1) is 23.5. The third kappa shape index (κ3) is 5.31. The minimum absolute atomic E-state index is 0.0251. The summed E-state index contributed by atoms with van der Waals surface area (Å²) >= 11 is 0. The van der Waals surface area contributed by atoms with Crippen LogP contribution in [-0.2, 0) is 17.8 Å². The van der Waals surface area contributed by atoms with E-state index >= 15 is 0 Å². The Bertz CT molecular complexity index is 2170. The molecule has 0 spiro atoms. The van der Waals surface area contributed by atoms with Crippen molar-refractivity contribution in [2.75, 3.05) is 4.90 Å². The van der Waals surface area contributed by atoms with Crippen LogP contribution in [0.4, 0.5) is 58.4 Å². The molecule has 0 fully saturated rings. The van der Waals surface area contributed by atoms with Gasteiger partial charge < -0.3 is 0 Å². The molecule has 0 unspecified atom stereocenters. The van der Waals surface area contributed by atoms with E-state index in [-0.39, 0.29) is 29.2 Å². The highest BCUT2D eigenvalue weighted by atomic mass is 19.4. The first-order valence-corrected chi connectivity index (χ1v) is 14.0. The van der Waals surface area contributed by atoms with Crippen LogP contribution in [0.3, 0.4) is 0 Å². The Hall–Kier alpha value is -5.68. The normalized spacial score (nSPS) is 15.3. The average molecular weight is 730 g/mol. The van der Waals surface area contributed by atoms with Crippen molar-refractivity contribution in [2.24, 2.45) is 0 Å². The van der Waals surface area contributed by atoms with Crippen molar-refractivity contribution in [2.45, 2.75) is 30.1 Å². The summed E-state index contributed by atoms with van der Waals surface area (Å²) in [5.41, 5.74) is -17.5. The minimum Gasteiger partial charge on any atom is -0.288 e. The summed E-state index contributed by atoms with van der Waals surface area (Å²) in [7, 11) is 0. The lowest BCUT2D eigenvalue weighted by atomic mass is 9.71. The van der Waals surface area contributed by atoms with Crippen molar-refractivity contribution >= 4 is 29.3 Å². The van der Waals surface area contributed by atoms with Gasteiger partial charge in [-0.2, -0.15) is 52.7 Å². The van der Waals surface area contributed by atoms with E-state index in [4.69, 9.17) is 0 Å². The van der Waals surface area contributed by atoms with Crippen LogP contribution in [0.15, 0.2) is 78.9 Å². The Balaban J connectivity index is 1.50. The van der Waals surface area contributed by atoms with Crippen LogP contribution >= 0.6 is 0 Å². The molecule has 0 aromatic heterocycles. The van der Waals surface area contributed by atoms with E-state index in [1.165, 1.54) is 0 Å². The number of fused-ring (bicyclic) bond motifs is 2. The molecule has 51 heavy (non-hydrogen) atoms. The molecule has 1 N–H and O–H groups in total. The first kappa shape index (κ1) is 35.2. The Morgan fingerprint density at radius 3 is 1.49 bits per heavy atom. The van der Waals surface area contributed by atoms with Gasteiger partial charge in [-0.1, -0.05) is 36.4 Å². The summed E-state index contributed by atoms with van der Waals surface area (Å²) in [6, 6.07) is 6.39. The smallest absolute Gasteiger partial charge is 0.288 e. The van der Waals surface area contributed by atoms with Gasteiger partial charge in [-0.25, -0.2) is 4.90 Å². The highest BCUT2D eigenvalue weighted by Gasteiger charge is 2.73. The van der Waals surface area contributed by atoms with Gasteiger partial charge in [0.1, 0.15) is 0 Å². The summed E-state index contributed by atoms with van der Waals surface area (Å²) < 4.78 is 173. The maximum absolute atomic E-state index is 14.8. The molecule has 2 aliphatic rings. The van der Waals surface area contributed by atoms with Crippen LogP contribution in [0.25, 0.3) is 11.1 Å². The molecule has 6 rings (SSSR count). The number of amides is 4. The number of alkyl halides is 12. The number of benzene rings is 4. The molecular weight excluding hydrogens is 716 g/mol. The van der Waals surface area contributed by atoms with Gasteiger partial charge in [0.05, 0.1) is 39.1 Å². The standard InChI is InChI=1S/C33H14F12N2O4/c34-30(35,36)23-4-2-1-3-17(23)18-10-7-16(13-24(18)31(37,38)39)47-27(50)20-9-6-15(12-22(20)28(47)51)29(32(40,41)42,33(43,44)45)14-5-8-19-21(11-14)26(49)46-25(19)48/h1-13H,(H,46,48,49). The summed E-state index contributed by atoms with van der Waals surface area (Å²) in [4.78, 5) is 50.8. The molecule has 0 bridgehead atoms. The van der Waals surface area contributed by atoms with Gasteiger partial charge in [0, 0.05) is 0 Å². The topological polar surface area (TPSA) is 83.6 Å². The molecule has 4 amide bonds. The van der Waals surface area contributed by atoms with E-state index in [2.05, 4.69) is 0 Å². The van der Waals surface area contributed by atoms with Crippen LogP contribution in [0.5, 0.6) is 0 Å². The molecule has 4 aromatic carbocycles. The van der Waals surface area contributed by atoms with Gasteiger partial charge in [-0.15, -0.1) is 0 Å². The lowest BCUT2D eigenvalue weighted by molar-refractivity contribution is -0.288. The molecule has 264 valence electrons. The number of rotatable bonds is 4. The number of halogens is 12. The molecule has 0 saturated heterocycles. The van der Waals surface area contributed by atoms with Crippen molar-refractivity contribution < 1.29 is 71.9 Å². The maximum atomic E-state index is 14.8. The molecule has 2 aliphatic heterocycles. The quantitative estimate of drug-likeness (QED) is 0.169. The summed E-state index contributed by atoms with van der Waals surface area (Å²) in [5.74, 6) is -5.48. The van der Waals surface area contributed by atoms with E-state index in [9.17, 15) is 71.9 Å². The lowest BCUT2D eigenvalue weighted by Crippen LogP contribution is -2.55. The Labute approximate surface area is 276 Å². The maximum Gasteiger partial charge on any atom is 0.417 e. The van der Waals surface area contributed by atoms with E-state index in [0.29, 0.717) is 36.4 Å². The van der Waals surface area contributed by atoms with Gasteiger partial charge in [0.15, 0.2) is 0 Å². The number of nitrogens with one attached hydrogen (secondary N) is 1. The van der Waals surface area contributed by atoms with E-state index in [0.717, 1.165) is 18.2 Å². The zero-order valence-corrected chi connectivity index (χ0v) is 24.6. The van der Waals surface area contributed by atoms with Crippen LogP contribution in [0.1, 0.15) is 63.7 Å². The third-order valence-electron chi connectivity index (χ3n) is 8.43. The van der Waals surface area contributed by atoms with Crippen LogP contribution in [0, 0.1) is 0 Å². The van der Waals surface area contributed by atoms with Crippen molar-refractivity contribution in [1.29, 1.82) is 0 Å². The number of hydrogen-bond acceptors (Lipinski definition) is 4.